The molecular formula is C26H37N3O2S. The molecule has 0 aromatic heterocycles. The number of hydrogen-bond acceptors (Lipinski definition) is 4. The van der Waals surface area contributed by atoms with E-state index in [0.29, 0.717) is 5.92 Å². The monoisotopic (exact) mass is 455 g/mol. The summed E-state index contributed by atoms with van der Waals surface area (Å²) in [5, 5.41) is 3.59. The molecule has 5 nitrogen and oxygen atoms in total. The van der Waals surface area contributed by atoms with Crippen molar-refractivity contribution in [1.29, 1.82) is 0 Å². The van der Waals surface area contributed by atoms with Crippen LogP contribution in [0, 0.1) is 5.92 Å². The molecule has 1 aliphatic carbocycles. The topological polar surface area (TPSA) is 61.4 Å². The maximum Gasteiger partial charge on any atom is 0.216 e. The lowest BCUT2D eigenvalue weighted by Gasteiger charge is -2.32. The molecule has 0 radical (unpaired) electrons. The first-order valence-corrected chi connectivity index (χ1v) is 13.4. The van der Waals surface area contributed by atoms with Gasteiger partial charge in [-0.15, -0.1) is 0 Å². The summed E-state index contributed by atoms with van der Waals surface area (Å²) in [6.45, 7) is 8.23. The molecule has 2 N–H and O–H groups in total. The van der Waals surface area contributed by atoms with Gasteiger partial charge in [0.15, 0.2) is 0 Å². The van der Waals surface area contributed by atoms with Gasteiger partial charge in [-0.1, -0.05) is 24.3 Å². The summed E-state index contributed by atoms with van der Waals surface area (Å²) >= 11 is 0. The largest absolute Gasteiger partial charge is 0.385 e. The summed E-state index contributed by atoms with van der Waals surface area (Å²) in [7, 11) is -3.27. The fourth-order valence-corrected chi connectivity index (χ4v) is 5.68. The van der Waals surface area contributed by atoms with Crippen LogP contribution >= 0.6 is 0 Å². The smallest absolute Gasteiger partial charge is 0.216 e. The van der Waals surface area contributed by atoms with Crippen molar-refractivity contribution in [2.75, 3.05) is 23.3 Å². The van der Waals surface area contributed by atoms with Gasteiger partial charge in [-0.25, -0.2) is 13.1 Å². The molecule has 32 heavy (non-hydrogen) atoms. The summed E-state index contributed by atoms with van der Waals surface area (Å²) in [5.41, 5.74) is 5.34. The van der Waals surface area contributed by atoms with Crippen molar-refractivity contribution in [2.24, 2.45) is 5.92 Å². The van der Waals surface area contributed by atoms with Gasteiger partial charge in [0.05, 0.1) is 4.75 Å². The van der Waals surface area contributed by atoms with Crippen LogP contribution in [0.4, 0.5) is 11.4 Å². The SMILES string of the molecule is CC(C)(C)S(=O)(=O)N[C@H]1CC[C@H](CNc2ccc(N3CCc4ccccc4C3)cc2)CC1. The molecule has 0 spiro atoms. The predicted octanol–water partition coefficient (Wildman–Crippen LogP) is 4.94. The molecule has 1 heterocycles. The molecule has 0 bridgehead atoms. The van der Waals surface area contributed by atoms with E-state index in [1.807, 2.05) is 0 Å². The quantitative estimate of drug-likeness (QED) is 0.648. The number of nitrogens with zero attached hydrogens (tertiary/aromatic N) is 1. The van der Waals surface area contributed by atoms with E-state index in [9.17, 15) is 8.42 Å². The van der Waals surface area contributed by atoms with Crippen LogP contribution in [-0.2, 0) is 23.0 Å². The van der Waals surface area contributed by atoms with Gasteiger partial charge >= 0.3 is 0 Å². The second kappa shape index (κ2) is 9.44. The van der Waals surface area contributed by atoms with Crippen LogP contribution in [-0.4, -0.2) is 32.3 Å². The first-order valence-electron chi connectivity index (χ1n) is 11.9. The van der Waals surface area contributed by atoms with Crippen molar-refractivity contribution in [2.45, 2.75) is 70.2 Å². The molecule has 0 unspecified atom stereocenters. The lowest BCUT2D eigenvalue weighted by atomic mass is 9.86. The van der Waals surface area contributed by atoms with Gasteiger partial charge in [-0.3, -0.25) is 0 Å². The molecule has 174 valence electrons. The Hall–Kier alpha value is -2.05. The molecular weight excluding hydrogens is 418 g/mol. The Bertz CT molecular complexity index is 1000. The zero-order chi connectivity index (χ0) is 22.8. The van der Waals surface area contributed by atoms with Crippen molar-refractivity contribution in [3.63, 3.8) is 0 Å². The minimum absolute atomic E-state index is 0.0735. The molecule has 1 aliphatic heterocycles. The second-order valence-corrected chi connectivity index (χ2v) is 12.8. The number of anilines is 2. The second-order valence-electron chi connectivity index (χ2n) is 10.3. The van der Waals surface area contributed by atoms with Gasteiger partial charge < -0.3 is 10.2 Å². The number of benzene rings is 2. The number of nitrogens with one attached hydrogen (secondary N) is 2. The van der Waals surface area contributed by atoms with E-state index < -0.39 is 14.8 Å². The average molecular weight is 456 g/mol. The van der Waals surface area contributed by atoms with E-state index in [-0.39, 0.29) is 6.04 Å². The van der Waals surface area contributed by atoms with Crippen LogP contribution in [0.5, 0.6) is 0 Å². The maximum atomic E-state index is 12.4. The van der Waals surface area contributed by atoms with E-state index in [2.05, 4.69) is 63.5 Å². The van der Waals surface area contributed by atoms with Crippen molar-refractivity contribution in [1.82, 2.24) is 4.72 Å². The summed E-state index contributed by atoms with van der Waals surface area (Å²) in [6, 6.07) is 17.6. The highest BCUT2D eigenvalue weighted by atomic mass is 32.2. The van der Waals surface area contributed by atoms with Crippen LogP contribution in [0.15, 0.2) is 48.5 Å². The standard InChI is InChI=1S/C26H37N3O2S/c1-26(2,3)32(30,31)28-24-10-8-20(9-11-24)18-27-23-12-14-25(15-13-23)29-17-16-21-6-4-5-7-22(21)19-29/h4-7,12-15,20,24,27-28H,8-11,16-19H2,1-3H3/t20-,24-. The molecule has 2 aromatic carbocycles. The number of fused-ring (bicyclic) bond motifs is 1. The van der Waals surface area contributed by atoms with E-state index >= 15 is 0 Å². The average Bonchev–Trinajstić information content (AvgIpc) is 2.78. The molecule has 2 aliphatic rings. The molecule has 0 amide bonds. The zero-order valence-corrected chi connectivity index (χ0v) is 20.4. The van der Waals surface area contributed by atoms with Crippen LogP contribution in [0.2, 0.25) is 0 Å². The highest BCUT2D eigenvalue weighted by Crippen LogP contribution is 2.28. The third kappa shape index (κ3) is 5.46. The Morgan fingerprint density at radius 3 is 2.25 bits per heavy atom. The molecule has 1 fully saturated rings. The minimum atomic E-state index is -3.27. The van der Waals surface area contributed by atoms with Crippen LogP contribution < -0.4 is 14.9 Å². The van der Waals surface area contributed by atoms with Crippen LogP contribution in [0.1, 0.15) is 57.6 Å². The Balaban J connectivity index is 1.24. The fourth-order valence-electron chi connectivity index (χ4n) is 4.65. The van der Waals surface area contributed by atoms with Gasteiger partial charge in [0.25, 0.3) is 0 Å². The number of hydrogen-bond donors (Lipinski definition) is 2. The number of sulfonamides is 1. The van der Waals surface area contributed by atoms with E-state index in [1.54, 1.807) is 20.8 Å². The highest BCUT2D eigenvalue weighted by Gasteiger charge is 2.32. The normalized spacial score (nSPS) is 21.8. The van der Waals surface area contributed by atoms with Crippen molar-refractivity contribution < 1.29 is 8.42 Å². The van der Waals surface area contributed by atoms with Gasteiger partial charge in [0, 0.05) is 37.1 Å². The Labute approximate surface area is 193 Å². The van der Waals surface area contributed by atoms with Gasteiger partial charge in [-0.2, -0.15) is 0 Å². The highest BCUT2D eigenvalue weighted by molar-refractivity contribution is 7.90. The summed E-state index contributed by atoms with van der Waals surface area (Å²) in [5.74, 6) is 0.587. The third-order valence-electron chi connectivity index (χ3n) is 6.93. The fraction of sp³-hybridized carbons (Fsp3) is 0.538. The molecule has 0 saturated heterocycles. The molecule has 0 atom stereocenters. The molecule has 4 rings (SSSR count). The van der Waals surface area contributed by atoms with Gasteiger partial charge in [-0.05, 0) is 94.2 Å². The third-order valence-corrected chi connectivity index (χ3v) is 9.19. The summed E-state index contributed by atoms with van der Waals surface area (Å²) < 4.78 is 26.9. The molecule has 6 heteroatoms. The van der Waals surface area contributed by atoms with Gasteiger partial charge in [0.2, 0.25) is 10.0 Å². The first kappa shape index (κ1) is 23.1. The first-order chi connectivity index (χ1) is 15.2. The summed E-state index contributed by atoms with van der Waals surface area (Å²) in [4.78, 5) is 2.45. The maximum absolute atomic E-state index is 12.4. The van der Waals surface area contributed by atoms with E-state index in [1.165, 1.54) is 16.8 Å². The minimum Gasteiger partial charge on any atom is -0.385 e. The summed E-state index contributed by atoms with van der Waals surface area (Å²) in [6.07, 6.45) is 5.03. The van der Waals surface area contributed by atoms with Crippen LogP contribution in [0.25, 0.3) is 0 Å². The number of rotatable bonds is 6. The van der Waals surface area contributed by atoms with Crippen molar-refractivity contribution in [3.05, 3.63) is 59.7 Å². The Morgan fingerprint density at radius 2 is 1.59 bits per heavy atom. The molecule has 1 saturated carbocycles. The van der Waals surface area contributed by atoms with E-state index in [0.717, 1.165) is 57.4 Å². The van der Waals surface area contributed by atoms with Crippen LogP contribution in [0.3, 0.4) is 0 Å². The Morgan fingerprint density at radius 1 is 0.938 bits per heavy atom. The van der Waals surface area contributed by atoms with E-state index in [4.69, 9.17) is 0 Å². The van der Waals surface area contributed by atoms with Crippen molar-refractivity contribution >= 4 is 21.4 Å². The lowest BCUT2D eigenvalue weighted by molar-refractivity contribution is 0.322. The Kier molecular flexibility index (Phi) is 6.82. The van der Waals surface area contributed by atoms with Crippen molar-refractivity contribution in [3.8, 4) is 0 Å². The lowest BCUT2D eigenvalue weighted by Crippen LogP contribution is -2.46. The molecule has 2 aromatic rings. The zero-order valence-electron chi connectivity index (χ0n) is 19.6. The predicted molar refractivity (Wildman–Crippen MR) is 134 cm³/mol. The van der Waals surface area contributed by atoms with Gasteiger partial charge in [0.1, 0.15) is 0 Å².